The van der Waals surface area contributed by atoms with E-state index in [2.05, 4.69) is 43.0 Å². The van der Waals surface area contributed by atoms with Crippen molar-refractivity contribution in [2.75, 3.05) is 27.3 Å². The highest BCUT2D eigenvalue weighted by molar-refractivity contribution is 5.70. The molecular formula is C24H31NO4. The van der Waals surface area contributed by atoms with Crippen LogP contribution in [-0.4, -0.2) is 43.3 Å². The number of piperidine rings is 1. The van der Waals surface area contributed by atoms with Crippen LogP contribution < -0.4 is 9.47 Å². The quantitative estimate of drug-likeness (QED) is 0.733. The molecule has 2 atom stereocenters. The van der Waals surface area contributed by atoms with Crippen LogP contribution in [0.2, 0.25) is 0 Å². The molecule has 0 aliphatic carbocycles. The highest BCUT2D eigenvalue weighted by atomic mass is 16.5. The predicted molar refractivity (Wildman–Crippen MR) is 114 cm³/mol. The minimum absolute atomic E-state index is 0.0702. The zero-order valence-corrected chi connectivity index (χ0v) is 17.7. The molecule has 0 spiro atoms. The van der Waals surface area contributed by atoms with Crippen molar-refractivity contribution >= 4 is 5.97 Å². The van der Waals surface area contributed by atoms with Crippen molar-refractivity contribution < 1.29 is 19.4 Å². The van der Waals surface area contributed by atoms with Gasteiger partial charge in [0.15, 0.2) is 0 Å². The number of rotatable bonds is 7. The summed E-state index contributed by atoms with van der Waals surface area (Å²) in [5, 5.41) is 9.58. The first-order valence-corrected chi connectivity index (χ1v) is 10.2. The molecule has 0 bridgehead atoms. The summed E-state index contributed by atoms with van der Waals surface area (Å²) in [5.74, 6) is 0.890. The molecule has 29 heavy (non-hydrogen) atoms. The number of nitrogens with zero attached hydrogens (tertiary/aromatic N) is 1. The lowest BCUT2D eigenvalue weighted by Crippen LogP contribution is -2.41. The SMILES string of the molecule is COc1ccc(C(c2ccc(C(C)C)cc2)N2CCCC(C(=O)O)C2)c(OC)c1. The zero-order chi connectivity index (χ0) is 21.0. The number of ether oxygens (including phenoxy) is 2. The maximum Gasteiger partial charge on any atom is 0.307 e. The Morgan fingerprint density at radius 2 is 1.76 bits per heavy atom. The van der Waals surface area contributed by atoms with Crippen molar-refractivity contribution in [3.05, 3.63) is 59.2 Å². The van der Waals surface area contributed by atoms with E-state index in [1.54, 1.807) is 14.2 Å². The second kappa shape index (κ2) is 9.31. The molecule has 5 nitrogen and oxygen atoms in total. The van der Waals surface area contributed by atoms with Gasteiger partial charge in [-0.1, -0.05) is 38.1 Å². The van der Waals surface area contributed by atoms with Gasteiger partial charge in [0.1, 0.15) is 11.5 Å². The fraction of sp³-hybridized carbons (Fsp3) is 0.458. The van der Waals surface area contributed by atoms with Crippen molar-refractivity contribution in [3.63, 3.8) is 0 Å². The summed E-state index contributed by atoms with van der Waals surface area (Å²) in [6, 6.07) is 14.4. The average molecular weight is 398 g/mol. The molecule has 2 aromatic rings. The van der Waals surface area contributed by atoms with E-state index in [0.29, 0.717) is 12.5 Å². The number of carboxylic acid groups (broad SMARTS) is 1. The van der Waals surface area contributed by atoms with Crippen LogP contribution in [-0.2, 0) is 4.79 Å². The normalized spacial score (nSPS) is 18.4. The summed E-state index contributed by atoms with van der Waals surface area (Å²) in [7, 11) is 3.30. The molecule has 1 aliphatic rings. The third-order valence-electron chi connectivity index (χ3n) is 5.82. The van der Waals surface area contributed by atoms with Crippen molar-refractivity contribution in [1.29, 1.82) is 0 Å². The molecule has 1 fully saturated rings. The van der Waals surface area contributed by atoms with Gasteiger partial charge in [-0.3, -0.25) is 9.69 Å². The molecule has 0 saturated carbocycles. The molecule has 5 heteroatoms. The highest BCUT2D eigenvalue weighted by Crippen LogP contribution is 2.39. The Morgan fingerprint density at radius 1 is 1.07 bits per heavy atom. The first kappa shape index (κ1) is 21.2. The van der Waals surface area contributed by atoms with Crippen LogP contribution >= 0.6 is 0 Å². The van der Waals surface area contributed by atoms with E-state index >= 15 is 0 Å². The molecule has 1 aliphatic heterocycles. The monoisotopic (exact) mass is 397 g/mol. The fourth-order valence-electron chi connectivity index (χ4n) is 4.14. The second-order valence-electron chi connectivity index (χ2n) is 8.00. The maximum atomic E-state index is 11.7. The Balaban J connectivity index is 2.05. The highest BCUT2D eigenvalue weighted by Gasteiger charge is 2.32. The van der Waals surface area contributed by atoms with Gasteiger partial charge in [-0.25, -0.2) is 0 Å². The fourth-order valence-corrected chi connectivity index (χ4v) is 4.14. The predicted octanol–water partition coefficient (Wildman–Crippen LogP) is 4.71. The lowest BCUT2D eigenvalue weighted by molar-refractivity contribution is -0.143. The van der Waals surface area contributed by atoms with Gasteiger partial charge in [0.25, 0.3) is 0 Å². The van der Waals surface area contributed by atoms with Crippen LogP contribution in [0.15, 0.2) is 42.5 Å². The Morgan fingerprint density at radius 3 is 2.34 bits per heavy atom. The Hall–Kier alpha value is -2.53. The van der Waals surface area contributed by atoms with Crippen LogP contribution in [0.4, 0.5) is 0 Å². The first-order chi connectivity index (χ1) is 13.9. The molecule has 2 aromatic carbocycles. The van der Waals surface area contributed by atoms with E-state index in [1.807, 2.05) is 18.2 Å². The molecule has 1 N–H and O–H groups in total. The van der Waals surface area contributed by atoms with Crippen molar-refractivity contribution in [3.8, 4) is 11.5 Å². The lowest BCUT2D eigenvalue weighted by atomic mass is 9.90. The number of hydrogen-bond donors (Lipinski definition) is 1. The van der Waals surface area contributed by atoms with E-state index in [0.717, 1.165) is 42.0 Å². The number of likely N-dealkylation sites (tertiary alicyclic amines) is 1. The average Bonchev–Trinajstić information content (AvgIpc) is 2.74. The Kier molecular flexibility index (Phi) is 6.80. The van der Waals surface area contributed by atoms with E-state index in [-0.39, 0.29) is 12.0 Å². The van der Waals surface area contributed by atoms with Gasteiger partial charge in [0, 0.05) is 18.2 Å². The van der Waals surface area contributed by atoms with E-state index in [9.17, 15) is 9.90 Å². The third-order valence-corrected chi connectivity index (χ3v) is 5.82. The topological polar surface area (TPSA) is 59.0 Å². The molecule has 0 amide bonds. The van der Waals surface area contributed by atoms with Crippen LogP contribution in [0, 0.1) is 5.92 Å². The van der Waals surface area contributed by atoms with Gasteiger partial charge in [0.2, 0.25) is 0 Å². The lowest BCUT2D eigenvalue weighted by Gasteiger charge is -2.38. The summed E-state index contributed by atoms with van der Waals surface area (Å²) >= 11 is 0. The van der Waals surface area contributed by atoms with E-state index in [1.165, 1.54) is 5.56 Å². The van der Waals surface area contributed by atoms with Crippen molar-refractivity contribution in [2.24, 2.45) is 5.92 Å². The number of aliphatic carboxylic acids is 1. The number of carbonyl (C=O) groups is 1. The summed E-state index contributed by atoms with van der Waals surface area (Å²) in [6.07, 6.45) is 1.60. The molecule has 1 heterocycles. The minimum Gasteiger partial charge on any atom is -0.497 e. The van der Waals surface area contributed by atoms with Crippen molar-refractivity contribution in [1.82, 2.24) is 4.90 Å². The molecule has 3 rings (SSSR count). The Labute approximate surface area is 173 Å². The third kappa shape index (κ3) is 4.73. The molecule has 2 unspecified atom stereocenters. The van der Waals surface area contributed by atoms with Crippen LogP contribution in [0.1, 0.15) is 55.3 Å². The number of methoxy groups -OCH3 is 2. The first-order valence-electron chi connectivity index (χ1n) is 10.2. The van der Waals surface area contributed by atoms with Crippen LogP contribution in [0.3, 0.4) is 0 Å². The van der Waals surface area contributed by atoms with E-state index in [4.69, 9.17) is 9.47 Å². The van der Waals surface area contributed by atoms with Crippen LogP contribution in [0.25, 0.3) is 0 Å². The zero-order valence-electron chi connectivity index (χ0n) is 17.7. The minimum atomic E-state index is -0.717. The molecule has 1 saturated heterocycles. The standard InChI is InChI=1S/C24H31NO4/c1-16(2)17-7-9-18(10-8-17)23(25-13-5-6-19(15-25)24(26)27)21-12-11-20(28-3)14-22(21)29-4/h7-12,14,16,19,23H,5-6,13,15H2,1-4H3,(H,26,27). The smallest absolute Gasteiger partial charge is 0.307 e. The number of carboxylic acids is 1. The van der Waals surface area contributed by atoms with Gasteiger partial charge in [-0.05, 0) is 48.6 Å². The van der Waals surface area contributed by atoms with Gasteiger partial charge < -0.3 is 14.6 Å². The summed E-state index contributed by atoms with van der Waals surface area (Å²) in [5.41, 5.74) is 3.46. The van der Waals surface area contributed by atoms with Crippen LogP contribution in [0.5, 0.6) is 11.5 Å². The molecular weight excluding hydrogens is 366 g/mol. The van der Waals surface area contributed by atoms with Crippen molar-refractivity contribution in [2.45, 2.75) is 38.6 Å². The molecule has 0 radical (unpaired) electrons. The van der Waals surface area contributed by atoms with E-state index < -0.39 is 5.97 Å². The second-order valence-corrected chi connectivity index (χ2v) is 8.00. The van der Waals surface area contributed by atoms with Gasteiger partial charge >= 0.3 is 5.97 Å². The summed E-state index contributed by atoms with van der Waals surface area (Å²) in [6.45, 7) is 5.75. The largest absolute Gasteiger partial charge is 0.497 e. The van der Waals surface area contributed by atoms with Gasteiger partial charge in [-0.15, -0.1) is 0 Å². The van der Waals surface area contributed by atoms with Gasteiger partial charge in [-0.2, -0.15) is 0 Å². The molecule has 156 valence electrons. The maximum absolute atomic E-state index is 11.7. The van der Waals surface area contributed by atoms with Gasteiger partial charge in [0.05, 0.1) is 26.2 Å². The summed E-state index contributed by atoms with van der Waals surface area (Å²) in [4.78, 5) is 13.9. The number of hydrogen-bond acceptors (Lipinski definition) is 4. The summed E-state index contributed by atoms with van der Waals surface area (Å²) < 4.78 is 11.1. The Bertz CT molecular complexity index is 831. The number of benzene rings is 2. The molecule has 0 aromatic heterocycles.